The Bertz CT molecular complexity index is 1040. The van der Waals surface area contributed by atoms with E-state index in [0.29, 0.717) is 11.5 Å². The number of aliphatic hydroxyl groups is 2. The number of rotatable bonds is 40. The third-order valence-electron chi connectivity index (χ3n) is 10.4. The Hall–Kier alpha value is -1.62. The van der Waals surface area contributed by atoms with Gasteiger partial charge in [-0.15, -0.1) is 0 Å². The van der Waals surface area contributed by atoms with Gasteiger partial charge in [-0.05, 0) is 37.1 Å². The molecule has 0 bridgehead atoms. The van der Waals surface area contributed by atoms with Crippen LogP contribution in [-0.2, 0) is 31.1 Å². The predicted octanol–water partition coefficient (Wildman–Crippen LogP) is 11.2. The molecule has 0 radical (unpaired) electrons. The smallest absolute Gasteiger partial charge is 0.338 e. The molecule has 8 nitrogen and oxygen atoms in total. The molecule has 0 spiro atoms. The summed E-state index contributed by atoms with van der Waals surface area (Å²) in [5.41, 5.74) is 0.410. The van der Waals surface area contributed by atoms with Crippen molar-refractivity contribution < 1.29 is 37.7 Å². The van der Waals surface area contributed by atoms with Gasteiger partial charge in [-0.25, -0.2) is 9.59 Å². The minimum atomic E-state index is -1.18. The van der Waals surface area contributed by atoms with Gasteiger partial charge in [-0.3, -0.25) is 8.42 Å². The second kappa shape index (κ2) is 37.6. The fourth-order valence-electron chi connectivity index (χ4n) is 6.86. The summed E-state index contributed by atoms with van der Waals surface area (Å²) in [6.45, 7) is 3.99. The minimum Gasteiger partial charge on any atom is -0.459 e. The second-order valence-electron chi connectivity index (χ2n) is 15.9. The van der Waals surface area contributed by atoms with E-state index < -0.39 is 45.7 Å². The largest absolute Gasteiger partial charge is 0.459 e. The number of hydrogen-bond acceptors (Lipinski definition) is 8. The van der Waals surface area contributed by atoms with Gasteiger partial charge in [-0.1, -0.05) is 181 Å². The minimum absolute atomic E-state index is 0.0649. The highest BCUT2D eigenvalue weighted by Crippen LogP contribution is 2.15. The van der Waals surface area contributed by atoms with E-state index in [9.17, 15) is 28.2 Å². The molecule has 4 atom stereocenters. The number of carbonyl (C=O) groups excluding carboxylic acids is 2. The molecule has 56 heavy (non-hydrogen) atoms. The Kier molecular flexibility index (Phi) is 35.2. The Morgan fingerprint density at radius 1 is 0.446 bits per heavy atom. The number of benzene rings is 1. The SMILES string of the molecule is CCCCCCCCCCCCCCCC[S@@](=O)C[C@H](O)COC(=O)c1ccc(C(=O)OC[C@H](O)C[S@@](=O)CCCCCCCCCCCCCCCC)cc1. The van der Waals surface area contributed by atoms with Gasteiger partial charge in [-0.2, -0.15) is 0 Å². The summed E-state index contributed by atoms with van der Waals surface area (Å²) in [7, 11) is -2.35. The number of unbranched alkanes of at least 4 members (excludes halogenated alkanes) is 26. The van der Waals surface area contributed by atoms with Gasteiger partial charge in [0.1, 0.15) is 13.2 Å². The molecule has 0 saturated heterocycles. The average Bonchev–Trinajstić information content (AvgIpc) is 3.19. The van der Waals surface area contributed by atoms with Crippen molar-refractivity contribution in [2.75, 3.05) is 36.2 Å². The van der Waals surface area contributed by atoms with Crippen LogP contribution >= 0.6 is 0 Å². The lowest BCUT2D eigenvalue weighted by Crippen LogP contribution is -2.26. The summed E-state index contributed by atoms with van der Waals surface area (Å²) < 4.78 is 35.2. The number of aliphatic hydroxyl groups excluding tert-OH is 2. The number of hydrogen-bond donors (Lipinski definition) is 2. The Morgan fingerprint density at radius 3 is 0.929 bits per heavy atom. The third kappa shape index (κ3) is 31.4. The Labute approximate surface area is 347 Å². The van der Waals surface area contributed by atoms with E-state index in [1.807, 2.05) is 0 Å². The van der Waals surface area contributed by atoms with Gasteiger partial charge in [0.25, 0.3) is 0 Å². The molecule has 0 fully saturated rings. The van der Waals surface area contributed by atoms with Crippen LogP contribution in [0, 0.1) is 0 Å². The van der Waals surface area contributed by atoms with Gasteiger partial charge >= 0.3 is 11.9 Å². The summed E-state index contributed by atoms with van der Waals surface area (Å²) in [5, 5.41) is 20.5. The van der Waals surface area contributed by atoms with Crippen LogP contribution in [0.5, 0.6) is 0 Å². The van der Waals surface area contributed by atoms with Crippen molar-refractivity contribution in [1.82, 2.24) is 0 Å². The second-order valence-corrected chi connectivity index (χ2v) is 19.1. The van der Waals surface area contributed by atoms with E-state index in [0.717, 1.165) is 38.5 Å². The summed E-state index contributed by atoms with van der Waals surface area (Å²) in [6.07, 6.45) is 33.4. The van der Waals surface area contributed by atoms with E-state index in [-0.39, 0.29) is 35.8 Å². The zero-order chi connectivity index (χ0) is 40.9. The molecule has 0 amide bonds. The van der Waals surface area contributed by atoms with Crippen molar-refractivity contribution in [1.29, 1.82) is 0 Å². The first-order valence-electron chi connectivity index (χ1n) is 22.8. The van der Waals surface area contributed by atoms with Crippen LogP contribution in [0.2, 0.25) is 0 Å². The maximum atomic E-state index is 12.5. The van der Waals surface area contributed by atoms with Gasteiger partial charge < -0.3 is 19.7 Å². The van der Waals surface area contributed by atoms with Gasteiger partial charge in [0.15, 0.2) is 0 Å². The molecule has 326 valence electrons. The highest BCUT2D eigenvalue weighted by Gasteiger charge is 2.17. The summed E-state index contributed by atoms with van der Waals surface area (Å²) in [5.74, 6) is -0.105. The van der Waals surface area contributed by atoms with E-state index in [1.165, 1.54) is 166 Å². The molecule has 0 heterocycles. The number of esters is 2. The van der Waals surface area contributed by atoms with Crippen molar-refractivity contribution in [2.45, 2.75) is 206 Å². The summed E-state index contributed by atoms with van der Waals surface area (Å²) in [4.78, 5) is 25.0. The third-order valence-corrected chi connectivity index (χ3v) is 13.4. The molecule has 1 aromatic carbocycles. The lowest BCUT2D eigenvalue weighted by atomic mass is 10.0. The van der Waals surface area contributed by atoms with E-state index >= 15 is 0 Å². The zero-order valence-corrected chi connectivity index (χ0v) is 37.3. The fraction of sp³-hybridized carbons (Fsp3) is 0.826. The molecule has 1 aromatic rings. The molecule has 1 rings (SSSR count). The first-order valence-corrected chi connectivity index (χ1v) is 25.7. The molecule has 0 unspecified atom stereocenters. The van der Waals surface area contributed by atoms with Crippen molar-refractivity contribution in [3.8, 4) is 0 Å². The first-order chi connectivity index (χ1) is 27.3. The van der Waals surface area contributed by atoms with Gasteiger partial charge in [0.05, 0.1) is 34.8 Å². The van der Waals surface area contributed by atoms with Crippen molar-refractivity contribution in [3.63, 3.8) is 0 Å². The molecule has 0 saturated carbocycles. The number of ether oxygens (including phenoxy) is 2. The molecule has 10 heteroatoms. The van der Waals surface area contributed by atoms with Gasteiger partial charge in [0.2, 0.25) is 0 Å². The lowest BCUT2D eigenvalue weighted by molar-refractivity contribution is 0.0295. The number of carbonyl (C=O) groups is 2. The van der Waals surface area contributed by atoms with Crippen LogP contribution in [0.1, 0.15) is 214 Å². The molecular weight excluding hydrogens is 745 g/mol. The molecule has 0 aliphatic heterocycles. The maximum absolute atomic E-state index is 12.5. The van der Waals surface area contributed by atoms with E-state index in [2.05, 4.69) is 13.8 Å². The molecular formula is C46H82O8S2. The highest BCUT2D eigenvalue weighted by atomic mass is 32.2. The van der Waals surface area contributed by atoms with Crippen LogP contribution in [0.3, 0.4) is 0 Å². The van der Waals surface area contributed by atoms with Gasteiger partial charge in [0, 0.05) is 33.1 Å². The zero-order valence-electron chi connectivity index (χ0n) is 35.7. The summed E-state index contributed by atoms with van der Waals surface area (Å²) >= 11 is 0. The quantitative estimate of drug-likeness (QED) is 0.0495. The summed E-state index contributed by atoms with van der Waals surface area (Å²) in [6, 6.07) is 5.73. The van der Waals surface area contributed by atoms with Crippen LogP contribution in [0.15, 0.2) is 24.3 Å². The monoisotopic (exact) mass is 827 g/mol. The normalized spacial score (nSPS) is 13.6. The predicted molar refractivity (Wildman–Crippen MR) is 235 cm³/mol. The molecule has 0 aromatic heterocycles. The standard InChI is InChI=1S/C46H82O8S2/c1-3-5-7-9-11-13-15-17-19-21-23-25-27-29-35-55(51)39-43(47)37-53-45(49)41-31-33-42(34-32-41)46(50)54-38-44(48)40-56(52)36-30-28-26-24-22-20-18-16-14-12-10-8-6-4-2/h31-34,43-44,47-48H,3-30,35-40H2,1-2H3/t43-,44+,55-,56+. The molecule has 0 aliphatic carbocycles. The fourth-order valence-corrected chi connectivity index (χ4v) is 9.30. The van der Waals surface area contributed by atoms with Crippen LogP contribution in [0.4, 0.5) is 0 Å². The van der Waals surface area contributed by atoms with E-state index in [4.69, 9.17) is 9.47 Å². The van der Waals surface area contributed by atoms with Crippen LogP contribution in [0.25, 0.3) is 0 Å². The van der Waals surface area contributed by atoms with Crippen LogP contribution < -0.4 is 0 Å². The van der Waals surface area contributed by atoms with Crippen LogP contribution in [-0.4, -0.2) is 79.0 Å². The average molecular weight is 827 g/mol. The maximum Gasteiger partial charge on any atom is 0.338 e. The Morgan fingerprint density at radius 2 is 0.679 bits per heavy atom. The first kappa shape index (κ1) is 52.4. The lowest BCUT2D eigenvalue weighted by Gasteiger charge is -2.12. The van der Waals surface area contributed by atoms with Crippen molar-refractivity contribution >= 4 is 33.5 Å². The Balaban J connectivity index is 2.08. The topological polar surface area (TPSA) is 127 Å². The van der Waals surface area contributed by atoms with Crippen molar-refractivity contribution in [2.24, 2.45) is 0 Å². The molecule has 0 aliphatic rings. The highest BCUT2D eigenvalue weighted by molar-refractivity contribution is 7.85. The van der Waals surface area contributed by atoms with Crippen molar-refractivity contribution in [3.05, 3.63) is 35.4 Å². The van der Waals surface area contributed by atoms with E-state index in [1.54, 1.807) is 0 Å². The molecule has 2 N–H and O–H groups in total.